The monoisotopic (exact) mass is 157 g/mol. The van der Waals surface area contributed by atoms with Gasteiger partial charge in [0.1, 0.15) is 6.61 Å². The molecule has 0 aromatic carbocycles. The van der Waals surface area contributed by atoms with E-state index in [-0.39, 0.29) is 12.5 Å². The van der Waals surface area contributed by atoms with Crippen LogP contribution in [0.3, 0.4) is 0 Å². The number of aryl methyl sites for hydroxylation is 1. The molecule has 0 saturated carbocycles. The van der Waals surface area contributed by atoms with Crippen molar-refractivity contribution in [3.63, 3.8) is 0 Å². The first-order valence-corrected chi connectivity index (χ1v) is 3.49. The van der Waals surface area contributed by atoms with Gasteiger partial charge in [0.25, 0.3) is 0 Å². The van der Waals surface area contributed by atoms with Crippen LogP contribution in [0.1, 0.15) is 18.2 Å². The maximum atomic E-state index is 8.56. The number of nitrogens with two attached hydrogens (primary N) is 1. The first kappa shape index (κ1) is 8.16. The molecule has 5 heteroatoms. The van der Waals surface area contributed by atoms with Gasteiger partial charge in [-0.25, -0.2) is 0 Å². The van der Waals surface area contributed by atoms with Crippen LogP contribution in [0.25, 0.3) is 0 Å². The van der Waals surface area contributed by atoms with Crippen LogP contribution in [0.2, 0.25) is 0 Å². The molecular formula is C6H11N3O2. The van der Waals surface area contributed by atoms with Crippen molar-refractivity contribution in [2.75, 3.05) is 6.54 Å². The number of aliphatic hydroxyl groups excluding tert-OH is 1. The molecule has 1 aromatic heterocycles. The lowest BCUT2D eigenvalue weighted by Crippen LogP contribution is -2.00. The lowest BCUT2D eigenvalue weighted by atomic mass is 10.3. The van der Waals surface area contributed by atoms with Crippen molar-refractivity contribution < 1.29 is 9.52 Å². The smallest absolute Gasteiger partial charge is 0.241 e. The molecular weight excluding hydrogens is 146 g/mol. The predicted molar refractivity (Wildman–Crippen MR) is 37.6 cm³/mol. The average Bonchev–Trinajstić information content (AvgIpc) is 2.48. The fourth-order valence-electron chi connectivity index (χ4n) is 0.707. The van der Waals surface area contributed by atoms with Gasteiger partial charge in [0.2, 0.25) is 11.8 Å². The van der Waals surface area contributed by atoms with E-state index in [1.165, 1.54) is 0 Å². The first-order chi connectivity index (χ1) is 5.36. The second-order valence-corrected chi connectivity index (χ2v) is 2.14. The summed E-state index contributed by atoms with van der Waals surface area (Å²) in [5, 5.41) is 15.8. The molecule has 0 fully saturated rings. The number of nitrogens with zero attached hydrogens (tertiary/aromatic N) is 2. The summed E-state index contributed by atoms with van der Waals surface area (Å²) in [6.45, 7) is 0.409. The van der Waals surface area contributed by atoms with Crippen LogP contribution < -0.4 is 5.73 Å². The Morgan fingerprint density at radius 1 is 1.36 bits per heavy atom. The van der Waals surface area contributed by atoms with Crippen molar-refractivity contribution in [2.24, 2.45) is 5.73 Å². The minimum absolute atomic E-state index is 0.199. The molecule has 62 valence electrons. The summed E-state index contributed by atoms with van der Waals surface area (Å²) in [6.07, 6.45) is 1.51. The zero-order chi connectivity index (χ0) is 8.10. The van der Waals surface area contributed by atoms with Crippen LogP contribution in [-0.4, -0.2) is 21.8 Å². The highest BCUT2D eigenvalue weighted by molar-refractivity contribution is 4.79. The molecule has 0 aliphatic rings. The molecule has 0 aliphatic heterocycles. The van der Waals surface area contributed by atoms with Crippen molar-refractivity contribution in [2.45, 2.75) is 19.4 Å². The Hall–Kier alpha value is -0.940. The number of rotatable bonds is 4. The second-order valence-electron chi connectivity index (χ2n) is 2.14. The highest BCUT2D eigenvalue weighted by Gasteiger charge is 2.02. The fourth-order valence-corrected chi connectivity index (χ4v) is 0.707. The van der Waals surface area contributed by atoms with E-state index in [0.29, 0.717) is 18.9 Å². The van der Waals surface area contributed by atoms with Gasteiger partial charge in [-0.15, -0.1) is 10.2 Å². The zero-order valence-electron chi connectivity index (χ0n) is 6.16. The lowest BCUT2D eigenvalue weighted by molar-refractivity contribution is 0.236. The summed E-state index contributed by atoms with van der Waals surface area (Å²) in [7, 11) is 0. The number of aliphatic hydroxyl groups is 1. The van der Waals surface area contributed by atoms with E-state index in [2.05, 4.69) is 10.2 Å². The Bertz CT molecular complexity index is 211. The molecule has 0 radical (unpaired) electrons. The van der Waals surface area contributed by atoms with Gasteiger partial charge in [-0.1, -0.05) is 0 Å². The summed E-state index contributed by atoms with van der Waals surface area (Å²) in [5.74, 6) is 0.802. The van der Waals surface area contributed by atoms with E-state index < -0.39 is 0 Å². The van der Waals surface area contributed by atoms with E-state index in [4.69, 9.17) is 15.3 Å². The Balaban J connectivity index is 2.44. The summed E-state index contributed by atoms with van der Waals surface area (Å²) >= 11 is 0. The van der Waals surface area contributed by atoms with E-state index in [9.17, 15) is 0 Å². The molecule has 0 saturated heterocycles. The third-order valence-electron chi connectivity index (χ3n) is 1.24. The van der Waals surface area contributed by atoms with E-state index in [1.54, 1.807) is 0 Å². The van der Waals surface area contributed by atoms with Crippen molar-refractivity contribution in [3.05, 3.63) is 11.8 Å². The van der Waals surface area contributed by atoms with Crippen LogP contribution in [0.4, 0.5) is 0 Å². The second kappa shape index (κ2) is 4.05. The van der Waals surface area contributed by atoms with Gasteiger partial charge in [-0.05, 0) is 13.0 Å². The fraction of sp³-hybridized carbons (Fsp3) is 0.667. The van der Waals surface area contributed by atoms with Gasteiger partial charge >= 0.3 is 0 Å². The normalized spacial score (nSPS) is 10.4. The Kier molecular flexibility index (Phi) is 3.00. The van der Waals surface area contributed by atoms with Crippen LogP contribution >= 0.6 is 0 Å². The molecule has 5 nitrogen and oxygen atoms in total. The van der Waals surface area contributed by atoms with Gasteiger partial charge in [0, 0.05) is 6.42 Å². The average molecular weight is 157 g/mol. The summed E-state index contributed by atoms with van der Waals surface area (Å²) < 4.78 is 5.01. The summed E-state index contributed by atoms with van der Waals surface area (Å²) in [6, 6.07) is 0. The summed E-state index contributed by atoms with van der Waals surface area (Å²) in [5.41, 5.74) is 5.28. The quantitative estimate of drug-likeness (QED) is 0.612. The van der Waals surface area contributed by atoms with Gasteiger partial charge < -0.3 is 15.3 Å². The Morgan fingerprint density at radius 3 is 2.64 bits per heavy atom. The highest BCUT2D eigenvalue weighted by atomic mass is 16.4. The molecule has 3 N–H and O–H groups in total. The first-order valence-electron chi connectivity index (χ1n) is 3.49. The number of aromatic nitrogens is 2. The van der Waals surface area contributed by atoms with Crippen LogP contribution in [0, 0.1) is 0 Å². The zero-order valence-corrected chi connectivity index (χ0v) is 6.16. The third-order valence-corrected chi connectivity index (χ3v) is 1.24. The van der Waals surface area contributed by atoms with E-state index in [1.807, 2.05) is 0 Å². The number of hydrogen-bond donors (Lipinski definition) is 2. The van der Waals surface area contributed by atoms with Crippen LogP contribution in [-0.2, 0) is 13.0 Å². The molecule has 0 bridgehead atoms. The number of hydrogen-bond acceptors (Lipinski definition) is 5. The van der Waals surface area contributed by atoms with Gasteiger partial charge in [0.15, 0.2) is 0 Å². The van der Waals surface area contributed by atoms with Crippen molar-refractivity contribution in [3.8, 4) is 0 Å². The van der Waals surface area contributed by atoms with Crippen molar-refractivity contribution in [1.82, 2.24) is 10.2 Å². The summed E-state index contributed by atoms with van der Waals surface area (Å²) in [4.78, 5) is 0. The molecule has 0 unspecified atom stereocenters. The van der Waals surface area contributed by atoms with Crippen molar-refractivity contribution in [1.29, 1.82) is 0 Å². The molecule has 1 rings (SSSR count). The van der Waals surface area contributed by atoms with Crippen molar-refractivity contribution >= 4 is 0 Å². The molecule has 1 aromatic rings. The highest BCUT2D eigenvalue weighted by Crippen LogP contribution is 2.01. The largest absolute Gasteiger partial charge is 0.423 e. The van der Waals surface area contributed by atoms with Gasteiger partial charge in [0.05, 0.1) is 0 Å². The van der Waals surface area contributed by atoms with Gasteiger partial charge in [-0.2, -0.15) is 0 Å². The molecule has 0 spiro atoms. The Labute approximate surface area is 64.2 Å². The molecule has 1 heterocycles. The topological polar surface area (TPSA) is 85.2 Å². The maximum absolute atomic E-state index is 8.56. The SMILES string of the molecule is NCCCc1nnc(CO)o1. The standard InChI is InChI=1S/C6H11N3O2/c7-3-1-2-5-8-9-6(4-10)11-5/h10H,1-4,7H2. The lowest BCUT2D eigenvalue weighted by Gasteiger charge is -1.89. The maximum Gasteiger partial charge on any atom is 0.241 e. The van der Waals surface area contributed by atoms with E-state index in [0.717, 1.165) is 6.42 Å². The third kappa shape index (κ3) is 2.28. The van der Waals surface area contributed by atoms with Crippen LogP contribution in [0.5, 0.6) is 0 Å². The molecule has 0 amide bonds. The molecule has 0 atom stereocenters. The Morgan fingerprint density at radius 2 is 2.09 bits per heavy atom. The van der Waals surface area contributed by atoms with E-state index >= 15 is 0 Å². The molecule has 0 aliphatic carbocycles. The van der Waals surface area contributed by atoms with Crippen LogP contribution in [0.15, 0.2) is 4.42 Å². The minimum Gasteiger partial charge on any atom is -0.423 e. The predicted octanol–water partition coefficient (Wildman–Crippen LogP) is -0.547. The minimum atomic E-state index is -0.199. The van der Waals surface area contributed by atoms with Gasteiger partial charge in [-0.3, -0.25) is 0 Å². The molecule has 11 heavy (non-hydrogen) atoms.